The first kappa shape index (κ1) is 18.7. The van der Waals surface area contributed by atoms with E-state index in [4.69, 9.17) is 4.74 Å². The van der Waals surface area contributed by atoms with Crippen molar-refractivity contribution < 1.29 is 9.53 Å². The maximum atomic E-state index is 13.1. The summed E-state index contributed by atoms with van der Waals surface area (Å²) in [6, 6.07) is 12.1. The predicted octanol–water partition coefficient (Wildman–Crippen LogP) is 1.40. The van der Waals surface area contributed by atoms with Gasteiger partial charge in [-0.05, 0) is 49.1 Å². The Hall–Kier alpha value is -2.67. The van der Waals surface area contributed by atoms with Gasteiger partial charge in [0.2, 0.25) is 5.91 Å². The number of nitrogens with zero attached hydrogens (tertiary/aromatic N) is 3. The molecule has 3 heterocycles. The largest absolute Gasteiger partial charge is 0.497 e. The van der Waals surface area contributed by atoms with Crippen molar-refractivity contribution in [3.05, 3.63) is 48.2 Å². The molecule has 2 saturated heterocycles. The van der Waals surface area contributed by atoms with Crippen LogP contribution in [0.2, 0.25) is 0 Å². The lowest BCUT2D eigenvalue weighted by Crippen LogP contribution is -2.64. The van der Waals surface area contributed by atoms with Crippen LogP contribution >= 0.6 is 0 Å². The fourth-order valence-electron chi connectivity index (χ4n) is 4.02. The second kappa shape index (κ2) is 8.14. The molecule has 28 heavy (non-hydrogen) atoms. The Morgan fingerprint density at radius 2 is 2.11 bits per heavy atom. The number of hydrogen-bond acceptors (Lipinski definition) is 6. The number of aromatic nitrogens is 2. The number of nitrogens with one attached hydrogen (secondary N) is 2. The molecule has 2 aliphatic heterocycles. The molecule has 2 aromatic rings. The molecule has 4 rings (SSSR count). The van der Waals surface area contributed by atoms with Crippen LogP contribution in [0.3, 0.4) is 0 Å². The van der Waals surface area contributed by atoms with Crippen molar-refractivity contribution >= 4 is 11.7 Å². The van der Waals surface area contributed by atoms with Gasteiger partial charge < -0.3 is 20.3 Å². The molecule has 2 aliphatic rings. The molecule has 0 saturated carbocycles. The summed E-state index contributed by atoms with van der Waals surface area (Å²) in [6.07, 6.45) is 4.25. The lowest BCUT2D eigenvalue weighted by Gasteiger charge is -2.43. The number of rotatable bonds is 6. The van der Waals surface area contributed by atoms with Gasteiger partial charge in [0, 0.05) is 38.4 Å². The van der Waals surface area contributed by atoms with Crippen molar-refractivity contribution in [3.8, 4) is 5.75 Å². The summed E-state index contributed by atoms with van der Waals surface area (Å²) in [5.74, 6) is 1.90. The molecule has 0 radical (unpaired) electrons. The van der Waals surface area contributed by atoms with Crippen molar-refractivity contribution in [1.29, 1.82) is 0 Å². The molecular formula is C21H27N5O2. The molecule has 148 valence electrons. The fraction of sp³-hybridized carbons (Fsp3) is 0.476. The van der Waals surface area contributed by atoms with Gasteiger partial charge in [-0.1, -0.05) is 12.1 Å². The van der Waals surface area contributed by atoms with Crippen LogP contribution in [0.1, 0.15) is 18.4 Å². The quantitative estimate of drug-likeness (QED) is 0.788. The number of ether oxygens (including phenoxy) is 1. The molecule has 1 amide bonds. The highest BCUT2D eigenvalue weighted by molar-refractivity contribution is 5.85. The topological polar surface area (TPSA) is 79.4 Å². The first-order valence-corrected chi connectivity index (χ1v) is 9.86. The van der Waals surface area contributed by atoms with Gasteiger partial charge in [-0.15, -0.1) is 5.10 Å². The zero-order chi connectivity index (χ0) is 19.4. The molecular weight excluding hydrogens is 354 g/mol. The zero-order valence-corrected chi connectivity index (χ0v) is 16.2. The molecule has 2 fully saturated rings. The Balaban J connectivity index is 1.35. The van der Waals surface area contributed by atoms with E-state index >= 15 is 0 Å². The van der Waals surface area contributed by atoms with Gasteiger partial charge in [-0.3, -0.25) is 4.79 Å². The molecule has 2 N–H and O–H groups in total. The van der Waals surface area contributed by atoms with Crippen molar-refractivity contribution in [2.75, 3.05) is 38.2 Å². The van der Waals surface area contributed by atoms with E-state index in [0.717, 1.165) is 49.5 Å². The minimum absolute atomic E-state index is 0.159. The average Bonchev–Trinajstić information content (AvgIpc) is 2.72. The minimum atomic E-state index is -0.367. The highest BCUT2D eigenvalue weighted by Crippen LogP contribution is 2.30. The average molecular weight is 381 g/mol. The summed E-state index contributed by atoms with van der Waals surface area (Å²) in [7, 11) is 1.67. The van der Waals surface area contributed by atoms with E-state index in [9.17, 15) is 4.79 Å². The van der Waals surface area contributed by atoms with Crippen LogP contribution < -0.4 is 20.3 Å². The molecule has 0 atom stereocenters. The molecule has 0 bridgehead atoms. The summed E-state index contributed by atoms with van der Waals surface area (Å²) < 4.78 is 5.32. The zero-order valence-electron chi connectivity index (χ0n) is 16.2. The number of benzene rings is 1. The van der Waals surface area contributed by atoms with Gasteiger partial charge in [0.1, 0.15) is 5.75 Å². The maximum absolute atomic E-state index is 13.1. The lowest BCUT2D eigenvalue weighted by atomic mass is 9.75. The molecule has 1 aromatic carbocycles. The predicted molar refractivity (Wildman–Crippen MR) is 107 cm³/mol. The normalized spacial score (nSPS) is 19.0. The van der Waals surface area contributed by atoms with E-state index in [1.54, 1.807) is 13.3 Å². The van der Waals surface area contributed by atoms with Gasteiger partial charge in [-0.2, -0.15) is 5.10 Å². The molecule has 0 aliphatic carbocycles. The summed E-state index contributed by atoms with van der Waals surface area (Å²) in [6.45, 7) is 3.19. The van der Waals surface area contributed by atoms with Gasteiger partial charge in [0.25, 0.3) is 0 Å². The highest BCUT2D eigenvalue weighted by atomic mass is 16.5. The van der Waals surface area contributed by atoms with Crippen LogP contribution in [0.15, 0.2) is 42.6 Å². The first-order valence-electron chi connectivity index (χ1n) is 9.86. The molecule has 1 aromatic heterocycles. The van der Waals surface area contributed by atoms with E-state index in [0.29, 0.717) is 13.1 Å². The van der Waals surface area contributed by atoms with Gasteiger partial charge in [0.05, 0.1) is 12.5 Å². The van der Waals surface area contributed by atoms with Crippen LogP contribution in [0.4, 0.5) is 5.82 Å². The molecule has 7 nitrogen and oxygen atoms in total. The number of hydrogen-bond donors (Lipinski definition) is 2. The van der Waals surface area contributed by atoms with Gasteiger partial charge in [0.15, 0.2) is 5.82 Å². The number of anilines is 1. The van der Waals surface area contributed by atoms with E-state index < -0.39 is 0 Å². The number of piperidine rings is 1. The van der Waals surface area contributed by atoms with Crippen LogP contribution in [-0.4, -0.2) is 55.4 Å². The van der Waals surface area contributed by atoms with Crippen LogP contribution in [-0.2, 0) is 11.2 Å². The second-order valence-corrected chi connectivity index (χ2v) is 7.73. The number of carbonyl (C=O) groups excluding carboxylic acids is 1. The van der Waals surface area contributed by atoms with E-state index in [2.05, 4.69) is 31.8 Å². The Morgan fingerprint density at radius 1 is 1.29 bits per heavy atom. The summed E-state index contributed by atoms with van der Waals surface area (Å²) >= 11 is 0. The number of carbonyl (C=O) groups is 1. The highest BCUT2D eigenvalue weighted by Gasteiger charge is 2.45. The SMILES string of the molecule is COc1cccc(CC2(C(=O)NC3CCN(c4cccnn4)CC3)CNC2)c1. The fourth-order valence-corrected chi connectivity index (χ4v) is 4.02. The van der Waals surface area contributed by atoms with Crippen LogP contribution in [0, 0.1) is 5.41 Å². The molecule has 7 heteroatoms. The number of methoxy groups -OCH3 is 1. The van der Waals surface area contributed by atoms with E-state index in [1.807, 2.05) is 30.3 Å². The smallest absolute Gasteiger partial charge is 0.229 e. The monoisotopic (exact) mass is 381 g/mol. The summed E-state index contributed by atoms with van der Waals surface area (Å²) in [5, 5.41) is 14.7. The van der Waals surface area contributed by atoms with E-state index in [-0.39, 0.29) is 17.4 Å². The van der Waals surface area contributed by atoms with Crippen LogP contribution in [0.25, 0.3) is 0 Å². The third-order valence-electron chi connectivity index (χ3n) is 5.80. The Labute approximate surface area is 165 Å². The molecule has 0 spiro atoms. The van der Waals surface area contributed by atoms with Crippen molar-refractivity contribution in [1.82, 2.24) is 20.8 Å². The third-order valence-corrected chi connectivity index (χ3v) is 5.80. The first-order chi connectivity index (χ1) is 13.7. The number of amides is 1. The van der Waals surface area contributed by atoms with Gasteiger partial charge >= 0.3 is 0 Å². The Morgan fingerprint density at radius 3 is 2.75 bits per heavy atom. The third kappa shape index (κ3) is 3.94. The molecule has 0 unspecified atom stereocenters. The second-order valence-electron chi connectivity index (χ2n) is 7.73. The van der Waals surface area contributed by atoms with Crippen molar-refractivity contribution in [2.45, 2.75) is 25.3 Å². The van der Waals surface area contributed by atoms with Crippen molar-refractivity contribution in [2.24, 2.45) is 5.41 Å². The lowest BCUT2D eigenvalue weighted by molar-refractivity contribution is -0.134. The van der Waals surface area contributed by atoms with Crippen LogP contribution in [0.5, 0.6) is 5.75 Å². The minimum Gasteiger partial charge on any atom is -0.497 e. The van der Waals surface area contributed by atoms with Crippen molar-refractivity contribution in [3.63, 3.8) is 0 Å². The summed E-state index contributed by atoms with van der Waals surface area (Å²) in [5.41, 5.74) is 0.766. The maximum Gasteiger partial charge on any atom is 0.229 e. The standard InChI is InChI=1S/C21H27N5O2/c1-28-18-5-2-4-16(12-18)13-21(14-22-15-21)20(27)24-17-7-10-26(11-8-17)19-6-3-9-23-25-19/h2-6,9,12,17,22H,7-8,10-11,13-15H2,1H3,(H,24,27). The Bertz CT molecular complexity index is 801. The van der Waals surface area contributed by atoms with E-state index in [1.165, 1.54) is 0 Å². The van der Waals surface area contributed by atoms with Gasteiger partial charge in [-0.25, -0.2) is 0 Å². The summed E-state index contributed by atoms with van der Waals surface area (Å²) in [4.78, 5) is 15.3. The Kier molecular flexibility index (Phi) is 5.43.